The van der Waals surface area contributed by atoms with Crippen LogP contribution in [0.3, 0.4) is 0 Å². The number of nitrogens with zero attached hydrogens (tertiary/aromatic N) is 3. The number of benzene rings is 1. The number of halogens is 1. The van der Waals surface area contributed by atoms with Gasteiger partial charge in [-0.15, -0.1) is 0 Å². The second-order valence-corrected chi connectivity index (χ2v) is 6.97. The van der Waals surface area contributed by atoms with E-state index in [-0.39, 0.29) is 12.2 Å². The highest BCUT2D eigenvalue weighted by Gasteiger charge is 2.22. The van der Waals surface area contributed by atoms with E-state index in [0.29, 0.717) is 48.0 Å². The third kappa shape index (κ3) is 4.82. The van der Waals surface area contributed by atoms with Crippen molar-refractivity contribution >= 4 is 29.6 Å². The van der Waals surface area contributed by atoms with Gasteiger partial charge in [-0.25, -0.2) is 4.98 Å². The lowest BCUT2D eigenvalue weighted by Gasteiger charge is -2.30. The maximum Gasteiger partial charge on any atom is 0.237 e. The largest absolute Gasteiger partial charge is 0.495 e. The molecule has 28 heavy (non-hydrogen) atoms. The average Bonchev–Trinajstić information content (AvgIpc) is 2.70. The lowest BCUT2D eigenvalue weighted by Crippen LogP contribution is -2.37. The van der Waals surface area contributed by atoms with Gasteiger partial charge in [0.15, 0.2) is 0 Å². The molecule has 9 heteroatoms. The van der Waals surface area contributed by atoms with E-state index in [1.165, 1.54) is 6.20 Å². The number of carbonyl (C=O) groups is 1. The van der Waals surface area contributed by atoms with Gasteiger partial charge >= 0.3 is 0 Å². The Morgan fingerprint density at radius 2 is 2.25 bits per heavy atom. The van der Waals surface area contributed by atoms with Gasteiger partial charge in [-0.2, -0.15) is 4.98 Å². The van der Waals surface area contributed by atoms with E-state index in [4.69, 9.17) is 25.8 Å². The molecule has 1 aromatic heterocycles. The van der Waals surface area contributed by atoms with Gasteiger partial charge in [-0.1, -0.05) is 17.7 Å². The minimum Gasteiger partial charge on any atom is -0.495 e. The van der Waals surface area contributed by atoms with Crippen LogP contribution < -0.4 is 14.8 Å². The number of methoxy groups -OCH3 is 1. The topological polar surface area (TPSA) is 85.8 Å². The first kappa shape index (κ1) is 20.2. The van der Waals surface area contributed by atoms with Gasteiger partial charge in [-0.3, -0.25) is 4.79 Å². The minimum absolute atomic E-state index is 0.0597. The fraction of sp³-hybridized carbons (Fsp3) is 0.421. The van der Waals surface area contributed by atoms with Crippen molar-refractivity contribution in [2.24, 2.45) is 0 Å². The van der Waals surface area contributed by atoms with E-state index >= 15 is 0 Å². The smallest absolute Gasteiger partial charge is 0.237 e. The molecule has 1 aliphatic rings. The molecule has 2 aromatic rings. The van der Waals surface area contributed by atoms with Crippen LogP contribution in [0, 0.1) is 0 Å². The predicted molar refractivity (Wildman–Crippen MR) is 105 cm³/mol. The van der Waals surface area contributed by atoms with Crippen molar-refractivity contribution in [3.63, 3.8) is 0 Å². The van der Waals surface area contributed by atoms with Crippen molar-refractivity contribution in [2.45, 2.75) is 26.1 Å². The zero-order valence-electron chi connectivity index (χ0n) is 16.0. The average molecular weight is 407 g/mol. The summed E-state index contributed by atoms with van der Waals surface area (Å²) in [5.74, 6) is 1.26. The Bertz CT molecular complexity index is 834. The molecular formula is C19H23ClN4O4. The SMILES string of the molecule is COc1cc(C2CN(C=O)CCO2)ccc1Nc1ncc(Cl)c(OC(C)C)n1. The number of carbonyl (C=O) groups excluding carboxylic acids is 1. The highest BCUT2D eigenvalue weighted by atomic mass is 35.5. The Morgan fingerprint density at radius 3 is 2.96 bits per heavy atom. The van der Waals surface area contributed by atoms with E-state index in [2.05, 4.69) is 15.3 Å². The molecule has 0 aliphatic carbocycles. The second kappa shape index (κ2) is 9.07. The van der Waals surface area contributed by atoms with Crippen molar-refractivity contribution < 1.29 is 19.0 Å². The van der Waals surface area contributed by atoms with Crippen molar-refractivity contribution in [3.05, 3.63) is 35.0 Å². The summed E-state index contributed by atoms with van der Waals surface area (Å²) in [5.41, 5.74) is 1.61. The van der Waals surface area contributed by atoms with Crippen LogP contribution >= 0.6 is 11.6 Å². The predicted octanol–water partition coefficient (Wildman–Crippen LogP) is 3.20. The number of aromatic nitrogens is 2. The van der Waals surface area contributed by atoms with Gasteiger partial charge in [0.05, 0.1) is 38.2 Å². The van der Waals surface area contributed by atoms with Crippen molar-refractivity contribution in [1.82, 2.24) is 14.9 Å². The number of rotatable bonds is 7. The normalized spacial score (nSPS) is 16.8. The monoisotopic (exact) mass is 406 g/mol. The first-order chi connectivity index (χ1) is 13.5. The summed E-state index contributed by atoms with van der Waals surface area (Å²) >= 11 is 6.09. The molecule has 1 saturated heterocycles. The van der Waals surface area contributed by atoms with E-state index in [0.717, 1.165) is 12.0 Å². The van der Waals surface area contributed by atoms with Crippen molar-refractivity contribution in [2.75, 3.05) is 32.1 Å². The molecule has 1 fully saturated rings. The summed E-state index contributed by atoms with van der Waals surface area (Å²) in [6.07, 6.45) is 2.08. The molecule has 1 aliphatic heterocycles. The molecule has 0 bridgehead atoms. The van der Waals surface area contributed by atoms with Crippen molar-refractivity contribution in [3.8, 4) is 11.6 Å². The van der Waals surface area contributed by atoms with Crippen molar-refractivity contribution in [1.29, 1.82) is 0 Å². The summed E-state index contributed by atoms with van der Waals surface area (Å²) in [5, 5.41) is 3.46. The highest BCUT2D eigenvalue weighted by Crippen LogP contribution is 2.33. The highest BCUT2D eigenvalue weighted by molar-refractivity contribution is 6.31. The molecule has 1 N–H and O–H groups in total. The summed E-state index contributed by atoms with van der Waals surface area (Å²) in [4.78, 5) is 21.2. The molecule has 8 nitrogen and oxygen atoms in total. The van der Waals surface area contributed by atoms with Gasteiger partial charge in [0.1, 0.15) is 16.9 Å². The summed E-state index contributed by atoms with van der Waals surface area (Å²) in [6.45, 7) is 5.41. The molecule has 150 valence electrons. The molecule has 0 radical (unpaired) electrons. The third-order valence-corrected chi connectivity index (χ3v) is 4.41. The summed E-state index contributed by atoms with van der Waals surface area (Å²) in [6, 6.07) is 5.66. The number of morpholine rings is 1. The quantitative estimate of drug-likeness (QED) is 0.706. The van der Waals surface area contributed by atoms with Crippen LogP contribution in [0.25, 0.3) is 0 Å². The Labute approximate surface area is 168 Å². The van der Waals surface area contributed by atoms with Gasteiger partial charge in [0.25, 0.3) is 0 Å². The number of nitrogens with one attached hydrogen (secondary N) is 1. The van der Waals surface area contributed by atoms with Gasteiger partial charge in [-0.05, 0) is 31.5 Å². The molecular weight excluding hydrogens is 384 g/mol. The molecule has 1 atom stereocenters. The summed E-state index contributed by atoms with van der Waals surface area (Å²) < 4.78 is 16.9. The van der Waals surface area contributed by atoms with Crippen LogP contribution in [-0.2, 0) is 9.53 Å². The Morgan fingerprint density at radius 1 is 1.43 bits per heavy atom. The van der Waals surface area contributed by atoms with E-state index in [1.807, 2.05) is 32.0 Å². The first-order valence-corrected chi connectivity index (χ1v) is 9.33. The number of hydrogen-bond donors (Lipinski definition) is 1. The van der Waals surface area contributed by atoms with Crippen LogP contribution in [0.15, 0.2) is 24.4 Å². The molecule has 2 heterocycles. The van der Waals surface area contributed by atoms with E-state index < -0.39 is 0 Å². The Balaban J connectivity index is 1.80. The van der Waals surface area contributed by atoms with Gasteiger partial charge in [0, 0.05) is 6.54 Å². The van der Waals surface area contributed by atoms with Gasteiger partial charge < -0.3 is 24.4 Å². The number of ether oxygens (including phenoxy) is 3. The number of amides is 1. The molecule has 3 rings (SSSR count). The molecule has 1 unspecified atom stereocenters. The first-order valence-electron chi connectivity index (χ1n) is 8.95. The standard InChI is InChI=1S/C19H23ClN4O4/c1-12(2)28-18-14(20)9-21-19(23-18)22-15-5-4-13(8-16(15)26-3)17-10-24(11-25)6-7-27-17/h4-5,8-9,11-12,17H,6-7,10H2,1-3H3,(H,21,22,23). The van der Waals surface area contributed by atoms with Crippen LogP contribution in [0.5, 0.6) is 11.6 Å². The molecule has 1 amide bonds. The molecule has 0 spiro atoms. The molecule has 0 saturated carbocycles. The van der Waals surface area contributed by atoms with E-state index in [9.17, 15) is 4.79 Å². The zero-order chi connectivity index (χ0) is 20.1. The molecule has 1 aromatic carbocycles. The zero-order valence-corrected chi connectivity index (χ0v) is 16.8. The van der Waals surface area contributed by atoms with Crippen LogP contribution in [0.1, 0.15) is 25.5 Å². The Hall–Kier alpha value is -2.58. The maximum absolute atomic E-state index is 11.0. The van der Waals surface area contributed by atoms with Crippen LogP contribution in [0.4, 0.5) is 11.6 Å². The van der Waals surface area contributed by atoms with Gasteiger partial charge in [0.2, 0.25) is 18.2 Å². The lowest BCUT2D eigenvalue weighted by molar-refractivity contribution is -0.125. The lowest BCUT2D eigenvalue weighted by atomic mass is 10.1. The number of hydrogen-bond acceptors (Lipinski definition) is 7. The van der Waals surface area contributed by atoms with E-state index in [1.54, 1.807) is 12.0 Å². The fourth-order valence-corrected chi connectivity index (χ4v) is 2.95. The fourth-order valence-electron chi connectivity index (χ4n) is 2.82. The number of anilines is 2. The third-order valence-electron chi connectivity index (χ3n) is 4.15. The minimum atomic E-state index is -0.195. The van der Waals surface area contributed by atoms with Crippen LogP contribution in [-0.4, -0.2) is 54.2 Å². The summed E-state index contributed by atoms with van der Waals surface area (Å²) in [7, 11) is 1.58. The maximum atomic E-state index is 11.0. The van der Waals surface area contributed by atoms with Crippen LogP contribution in [0.2, 0.25) is 5.02 Å². The second-order valence-electron chi connectivity index (χ2n) is 6.56. The Kier molecular flexibility index (Phi) is 6.53.